The van der Waals surface area contributed by atoms with E-state index in [1.54, 1.807) is 0 Å². The van der Waals surface area contributed by atoms with E-state index in [2.05, 4.69) is 12.2 Å². The molecule has 0 aromatic heterocycles. The molecule has 78 valence electrons. The van der Waals surface area contributed by atoms with E-state index in [4.69, 9.17) is 0 Å². The fourth-order valence-corrected chi connectivity index (χ4v) is 1.34. The van der Waals surface area contributed by atoms with Crippen LogP contribution < -0.4 is 5.32 Å². The lowest BCUT2D eigenvalue weighted by atomic mass is 10.1. The Hall–Kier alpha value is -1.09. The van der Waals surface area contributed by atoms with Gasteiger partial charge in [-0.1, -0.05) is 6.92 Å². The molecule has 0 heterocycles. The summed E-state index contributed by atoms with van der Waals surface area (Å²) in [5.74, 6) is -0.176. The molecule has 3 heteroatoms. The van der Waals surface area contributed by atoms with Gasteiger partial charge in [0, 0.05) is 11.6 Å². The van der Waals surface area contributed by atoms with Crippen molar-refractivity contribution >= 4 is 0 Å². The summed E-state index contributed by atoms with van der Waals surface area (Å²) in [5, 5.41) is 12.7. The van der Waals surface area contributed by atoms with Crippen LogP contribution in [0, 0.1) is 5.82 Å². The van der Waals surface area contributed by atoms with Crippen LogP contribution in [0.3, 0.4) is 0 Å². The van der Waals surface area contributed by atoms with E-state index in [0.717, 1.165) is 13.0 Å². The minimum Gasteiger partial charge on any atom is -0.508 e. The molecule has 0 aliphatic carbocycles. The molecule has 0 aliphatic heterocycles. The average molecular weight is 197 g/mol. The van der Waals surface area contributed by atoms with E-state index < -0.39 is 0 Å². The third-order valence-corrected chi connectivity index (χ3v) is 2.16. The zero-order valence-electron chi connectivity index (χ0n) is 8.55. The first-order valence-electron chi connectivity index (χ1n) is 4.87. The second-order valence-corrected chi connectivity index (χ2v) is 3.38. The summed E-state index contributed by atoms with van der Waals surface area (Å²) in [6.45, 7) is 4.83. The number of halogens is 1. The SMILES string of the molecule is CCCN[C@@H](C)c1cc(F)ccc1O. The topological polar surface area (TPSA) is 32.3 Å². The zero-order valence-corrected chi connectivity index (χ0v) is 8.55. The highest BCUT2D eigenvalue weighted by Gasteiger charge is 2.09. The maximum atomic E-state index is 12.9. The van der Waals surface area contributed by atoms with E-state index in [1.165, 1.54) is 18.2 Å². The summed E-state index contributed by atoms with van der Waals surface area (Å²) in [6, 6.07) is 3.98. The van der Waals surface area contributed by atoms with Crippen LogP contribution in [0.2, 0.25) is 0 Å². The molecule has 0 aliphatic rings. The van der Waals surface area contributed by atoms with Crippen molar-refractivity contribution in [2.45, 2.75) is 26.3 Å². The third-order valence-electron chi connectivity index (χ3n) is 2.16. The van der Waals surface area contributed by atoms with E-state index in [9.17, 15) is 9.50 Å². The third kappa shape index (κ3) is 2.70. The highest BCUT2D eigenvalue weighted by molar-refractivity contribution is 5.34. The first-order valence-corrected chi connectivity index (χ1v) is 4.87. The average Bonchev–Trinajstić information content (AvgIpc) is 2.18. The van der Waals surface area contributed by atoms with E-state index >= 15 is 0 Å². The van der Waals surface area contributed by atoms with Crippen molar-refractivity contribution in [2.24, 2.45) is 0 Å². The van der Waals surface area contributed by atoms with Crippen LogP contribution in [0.25, 0.3) is 0 Å². The Labute approximate surface area is 83.8 Å². The van der Waals surface area contributed by atoms with Gasteiger partial charge in [-0.15, -0.1) is 0 Å². The minimum absolute atomic E-state index is 0.0225. The molecule has 0 radical (unpaired) electrons. The zero-order chi connectivity index (χ0) is 10.6. The second-order valence-electron chi connectivity index (χ2n) is 3.38. The molecule has 2 nitrogen and oxygen atoms in total. The monoisotopic (exact) mass is 197 g/mol. The van der Waals surface area contributed by atoms with Crippen molar-refractivity contribution in [3.8, 4) is 5.75 Å². The fraction of sp³-hybridized carbons (Fsp3) is 0.455. The quantitative estimate of drug-likeness (QED) is 0.777. The number of aromatic hydroxyl groups is 1. The Balaban J connectivity index is 2.77. The molecule has 0 bridgehead atoms. The normalized spacial score (nSPS) is 12.8. The number of nitrogens with one attached hydrogen (secondary N) is 1. The number of hydrogen-bond donors (Lipinski definition) is 2. The summed E-state index contributed by atoms with van der Waals surface area (Å²) in [4.78, 5) is 0. The lowest BCUT2D eigenvalue weighted by Crippen LogP contribution is -2.19. The number of phenolic OH excluding ortho intramolecular Hbond substituents is 1. The first kappa shape index (κ1) is 11.0. The Kier molecular flexibility index (Phi) is 3.89. The molecule has 1 rings (SSSR count). The Morgan fingerprint density at radius 3 is 2.86 bits per heavy atom. The molecule has 1 aromatic carbocycles. The minimum atomic E-state index is -0.317. The van der Waals surface area contributed by atoms with Crippen molar-refractivity contribution in [1.29, 1.82) is 0 Å². The van der Waals surface area contributed by atoms with Crippen LogP contribution in [-0.4, -0.2) is 11.7 Å². The molecule has 0 spiro atoms. The van der Waals surface area contributed by atoms with Crippen molar-refractivity contribution in [3.05, 3.63) is 29.6 Å². The van der Waals surface area contributed by atoms with Gasteiger partial charge in [0.05, 0.1) is 0 Å². The number of benzene rings is 1. The molecule has 0 saturated heterocycles. The first-order chi connectivity index (χ1) is 6.65. The van der Waals surface area contributed by atoms with Gasteiger partial charge in [-0.05, 0) is 38.1 Å². The largest absolute Gasteiger partial charge is 0.508 e. The predicted molar refractivity (Wildman–Crippen MR) is 54.8 cm³/mol. The van der Waals surface area contributed by atoms with Gasteiger partial charge in [0.2, 0.25) is 0 Å². The molecule has 1 atom stereocenters. The summed E-state index contributed by atoms with van der Waals surface area (Å²) >= 11 is 0. The van der Waals surface area contributed by atoms with Gasteiger partial charge in [0.15, 0.2) is 0 Å². The smallest absolute Gasteiger partial charge is 0.123 e. The fourth-order valence-electron chi connectivity index (χ4n) is 1.34. The van der Waals surface area contributed by atoms with Gasteiger partial charge in [0.1, 0.15) is 11.6 Å². The molecule has 0 saturated carbocycles. The maximum absolute atomic E-state index is 12.9. The molecule has 14 heavy (non-hydrogen) atoms. The molecule has 0 unspecified atom stereocenters. The maximum Gasteiger partial charge on any atom is 0.123 e. The van der Waals surface area contributed by atoms with Crippen molar-refractivity contribution in [1.82, 2.24) is 5.32 Å². The van der Waals surface area contributed by atoms with Crippen LogP contribution in [0.15, 0.2) is 18.2 Å². The molecular weight excluding hydrogens is 181 g/mol. The molecular formula is C11H16FNO. The molecule has 0 fully saturated rings. The molecule has 2 N–H and O–H groups in total. The number of phenols is 1. The molecule has 1 aromatic rings. The predicted octanol–water partition coefficient (Wildman–Crippen LogP) is 2.59. The van der Waals surface area contributed by atoms with Crippen LogP contribution in [-0.2, 0) is 0 Å². The van der Waals surface area contributed by atoms with Crippen molar-refractivity contribution < 1.29 is 9.50 Å². The van der Waals surface area contributed by atoms with Crippen LogP contribution in [0.1, 0.15) is 31.9 Å². The summed E-state index contributed by atoms with van der Waals surface area (Å²) in [5.41, 5.74) is 0.610. The van der Waals surface area contributed by atoms with Gasteiger partial charge < -0.3 is 10.4 Å². The Bertz CT molecular complexity index is 301. The highest BCUT2D eigenvalue weighted by atomic mass is 19.1. The van der Waals surface area contributed by atoms with Gasteiger partial charge in [-0.3, -0.25) is 0 Å². The van der Waals surface area contributed by atoms with Crippen LogP contribution in [0.4, 0.5) is 4.39 Å². The van der Waals surface area contributed by atoms with Crippen LogP contribution in [0.5, 0.6) is 5.75 Å². The number of hydrogen-bond acceptors (Lipinski definition) is 2. The lowest BCUT2D eigenvalue weighted by Gasteiger charge is -2.14. The standard InChI is InChI=1S/C11H16FNO/c1-3-6-13-8(2)10-7-9(12)4-5-11(10)14/h4-5,7-8,13-14H,3,6H2,1-2H3/t8-/m0/s1. The van der Waals surface area contributed by atoms with Crippen molar-refractivity contribution in [3.63, 3.8) is 0 Å². The molecule has 0 amide bonds. The summed E-state index contributed by atoms with van der Waals surface area (Å²) in [6.07, 6.45) is 1.01. The second kappa shape index (κ2) is 4.96. The van der Waals surface area contributed by atoms with Gasteiger partial charge in [-0.25, -0.2) is 4.39 Å². The lowest BCUT2D eigenvalue weighted by molar-refractivity contribution is 0.449. The Morgan fingerprint density at radius 2 is 2.21 bits per heavy atom. The van der Waals surface area contributed by atoms with Crippen molar-refractivity contribution in [2.75, 3.05) is 6.54 Å². The summed E-state index contributed by atoms with van der Waals surface area (Å²) in [7, 11) is 0. The van der Waals surface area contributed by atoms with Gasteiger partial charge in [0.25, 0.3) is 0 Å². The van der Waals surface area contributed by atoms with Gasteiger partial charge in [-0.2, -0.15) is 0 Å². The van der Waals surface area contributed by atoms with E-state index in [1.807, 2.05) is 6.92 Å². The van der Waals surface area contributed by atoms with Crippen LogP contribution >= 0.6 is 0 Å². The van der Waals surface area contributed by atoms with E-state index in [-0.39, 0.29) is 17.6 Å². The highest BCUT2D eigenvalue weighted by Crippen LogP contribution is 2.24. The Morgan fingerprint density at radius 1 is 1.50 bits per heavy atom. The summed E-state index contributed by atoms with van der Waals surface area (Å²) < 4.78 is 12.9. The van der Waals surface area contributed by atoms with Gasteiger partial charge >= 0.3 is 0 Å². The number of rotatable bonds is 4. The van der Waals surface area contributed by atoms with E-state index in [0.29, 0.717) is 5.56 Å².